The van der Waals surface area contributed by atoms with Crippen LogP contribution in [0.25, 0.3) is 0 Å². The summed E-state index contributed by atoms with van der Waals surface area (Å²) in [5.74, 6) is 0.0507. The molecule has 116 valence electrons. The maximum Gasteiger partial charge on any atom is 0.202 e. The Bertz CT molecular complexity index is 658. The molecule has 0 bridgehead atoms. The molecule has 1 aliphatic heterocycles. The number of ketones is 1. The molecule has 4 heteroatoms. The molecule has 0 saturated carbocycles. The Balaban J connectivity index is 1.79. The fraction of sp³-hybridized carbons (Fsp3) is 0.389. The van der Waals surface area contributed by atoms with Gasteiger partial charge in [0.25, 0.3) is 0 Å². The number of hydrogen-bond acceptors (Lipinski definition) is 4. The van der Waals surface area contributed by atoms with Gasteiger partial charge in [0.2, 0.25) is 5.78 Å². The van der Waals surface area contributed by atoms with E-state index in [0.29, 0.717) is 13.2 Å². The van der Waals surface area contributed by atoms with Crippen molar-refractivity contribution in [1.82, 2.24) is 0 Å². The number of benzene rings is 1. The van der Waals surface area contributed by atoms with E-state index >= 15 is 0 Å². The Morgan fingerprint density at radius 3 is 2.27 bits per heavy atom. The molecule has 0 amide bonds. The standard InChI is InChI=1S/C18H20O3S/c1-18(2,3)13-6-4-12(5-7-13)16(19)14-8-9-15(22-14)17-20-10-11-21-17/h4-9,17H,10-11H2,1-3H3. The van der Waals surface area contributed by atoms with Crippen LogP contribution in [0.1, 0.15) is 52.7 Å². The smallest absolute Gasteiger partial charge is 0.202 e. The van der Waals surface area contributed by atoms with Crippen molar-refractivity contribution >= 4 is 17.1 Å². The molecule has 1 aliphatic rings. The van der Waals surface area contributed by atoms with Crippen molar-refractivity contribution in [1.29, 1.82) is 0 Å². The largest absolute Gasteiger partial charge is 0.345 e. The summed E-state index contributed by atoms with van der Waals surface area (Å²) in [6, 6.07) is 11.6. The second kappa shape index (κ2) is 5.95. The second-order valence-electron chi connectivity index (χ2n) is 6.43. The number of ether oxygens (including phenoxy) is 2. The van der Waals surface area contributed by atoms with Gasteiger partial charge in [-0.25, -0.2) is 0 Å². The molecule has 2 aromatic rings. The van der Waals surface area contributed by atoms with Crippen molar-refractivity contribution in [2.75, 3.05) is 13.2 Å². The van der Waals surface area contributed by atoms with Crippen LogP contribution in [0.4, 0.5) is 0 Å². The first kappa shape index (κ1) is 15.4. The number of carbonyl (C=O) groups excluding carboxylic acids is 1. The fourth-order valence-corrected chi connectivity index (χ4v) is 3.36. The zero-order chi connectivity index (χ0) is 15.7. The number of thiophene rings is 1. The molecule has 0 aliphatic carbocycles. The molecule has 3 nitrogen and oxygen atoms in total. The third-order valence-corrected chi connectivity index (χ3v) is 4.82. The third kappa shape index (κ3) is 3.14. The van der Waals surface area contributed by atoms with E-state index in [1.54, 1.807) is 0 Å². The van der Waals surface area contributed by atoms with E-state index in [1.165, 1.54) is 16.9 Å². The lowest BCUT2D eigenvalue weighted by molar-refractivity contribution is -0.0413. The Labute approximate surface area is 134 Å². The van der Waals surface area contributed by atoms with Gasteiger partial charge < -0.3 is 9.47 Å². The molecule has 22 heavy (non-hydrogen) atoms. The van der Waals surface area contributed by atoms with Crippen molar-refractivity contribution in [3.8, 4) is 0 Å². The lowest BCUT2D eigenvalue weighted by Gasteiger charge is -2.18. The third-order valence-electron chi connectivity index (χ3n) is 3.72. The quantitative estimate of drug-likeness (QED) is 0.791. The summed E-state index contributed by atoms with van der Waals surface area (Å²) in [5, 5.41) is 0. The Morgan fingerprint density at radius 2 is 1.68 bits per heavy atom. The van der Waals surface area contributed by atoms with E-state index in [0.717, 1.165) is 15.3 Å². The van der Waals surface area contributed by atoms with Crippen molar-refractivity contribution in [2.24, 2.45) is 0 Å². The number of hydrogen-bond donors (Lipinski definition) is 0. The maximum atomic E-state index is 12.6. The fourth-order valence-electron chi connectivity index (χ4n) is 2.39. The Hall–Kier alpha value is -1.49. The maximum absolute atomic E-state index is 12.6. The van der Waals surface area contributed by atoms with Crippen LogP contribution in [0.15, 0.2) is 36.4 Å². The predicted octanol–water partition coefficient (Wildman–Crippen LogP) is 4.32. The van der Waals surface area contributed by atoms with Crippen molar-refractivity contribution in [3.05, 3.63) is 57.3 Å². The zero-order valence-corrected chi connectivity index (χ0v) is 13.9. The highest BCUT2D eigenvalue weighted by molar-refractivity contribution is 7.14. The monoisotopic (exact) mass is 316 g/mol. The van der Waals surface area contributed by atoms with Gasteiger partial charge in [-0.2, -0.15) is 0 Å². The van der Waals surface area contributed by atoms with Crippen LogP contribution in [0.3, 0.4) is 0 Å². The van der Waals surface area contributed by atoms with E-state index in [2.05, 4.69) is 20.8 Å². The van der Waals surface area contributed by atoms with Crippen LogP contribution in [0.5, 0.6) is 0 Å². The molecular formula is C18H20O3S. The van der Waals surface area contributed by atoms with E-state index in [1.807, 2.05) is 36.4 Å². The van der Waals surface area contributed by atoms with Crippen LogP contribution in [0.2, 0.25) is 0 Å². The summed E-state index contributed by atoms with van der Waals surface area (Å²) in [6.07, 6.45) is -0.310. The molecule has 2 heterocycles. The lowest BCUT2D eigenvalue weighted by Crippen LogP contribution is -2.11. The van der Waals surface area contributed by atoms with Gasteiger partial charge in [-0.05, 0) is 23.1 Å². The second-order valence-corrected chi connectivity index (χ2v) is 7.55. The Morgan fingerprint density at radius 1 is 1.05 bits per heavy atom. The zero-order valence-electron chi connectivity index (χ0n) is 13.1. The topological polar surface area (TPSA) is 35.5 Å². The molecule has 0 atom stereocenters. The lowest BCUT2D eigenvalue weighted by atomic mass is 9.86. The van der Waals surface area contributed by atoms with E-state index in [9.17, 15) is 4.79 Å². The van der Waals surface area contributed by atoms with Gasteiger partial charge in [0.1, 0.15) is 0 Å². The van der Waals surface area contributed by atoms with Crippen molar-refractivity contribution < 1.29 is 14.3 Å². The van der Waals surface area contributed by atoms with Gasteiger partial charge in [0.05, 0.1) is 23.0 Å². The summed E-state index contributed by atoms with van der Waals surface area (Å²) < 4.78 is 10.9. The molecule has 1 saturated heterocycles. The average Bonchev–Trinajstić information content (AvgIpc) is 3.16. The first-order chi connectivity index (χ1) is 10.4. The van der Waals surface area contributed by atoms with Crippen LogP contribution in [-0.4, -0.2) is 19.0 Å². The van der Waals surface area contributed by atoms with Gasteiger partial charge >= 0.3 is 0 Å². The van der Waals surface area contributed by atoms with E-state index < -0.39 is 0 Å². The van der Waals surface area contributed by atoms with Crippen LogP contribution in [0, 0.1) is 0 Å². The average molecular weight is 316 g/mol. The molecule has 0 N–H and O–H groups in total. The summed E-state index contributed by atoms with van der Waals surface area (Å²) >= 11 is 1.44. The van der Waals surface area contributed by atoms with E-state index in [4.69, 9.17) is 9.47 Å². The van der Waals surface area contributed by atoms with Crippen LogP contribution >= 0.6 is 11.3 Å². The molecule has 0 radical (unpaired) electrons. The minimum atomic E-state index is -0.310. The minimum absolute atomic E-state index is 0.0507. The molecule has 0 unspecified atom stereocenters. The predicted molar refractivity (Wildman–Crippen MR) is 87.5 cm³/mol. The molecule has 3 rings (SSSR count). The van der Waals surface area contributed by atoms with Crippen molar-refractivity contribution in [2.45, 2.75) is 32.5 Å². The SMILES string of the molecule is CC(C)(C)c1ccc(C(=O)c2ccc(C3OCCO3)s2)cc1. The van der Waals surface area contributed by atoms with Gasteiger partial charge in [-0.1, -0.05) is 45.0 Å². The highest BCUT2D eigenvalue weighted by atomic mass is 32.1. The van der Waals surface area contributed by atoms with Crippen LogP contribution in [-0.2, 0) is 14.9 Å². The van der Waals surface area contributed by atoms with Gasteiger partial charge in [0, 0.05) is 5.56 Å². The summed E-state index contributed by atoms with van der Waals surface area (Å²) in [5.41, 5.74) is 2.03. The molecule has 1 fully saturated rings. The highest BCUT2D eigenvalue weighted by Gasteiger charge is 2.22. The number of rotatable bonds is 3. The number of carbonyl (C=O) groups is 1. The molecule has 0 spiro atoms. The minimum Gasteiger partial charge on any atom is -0.345 e. The Kier molecular flexibility index (Phi) is 4.17. The van der Waals surface area contributed by atoms with E-state index in [-0.39, 0.29) is 17.5 Å². The van der Waals surface area contributed by atoms with Crippen molar-refractivity contribution in [3.63, 3.8) is 0 Å². The first-order valence-corrected chi connectivity index (χ1v) is 8.25. The summed E-state index contributed by atoms with van der Waals surface area (Å²) in [4.78, 5) is 14.2. The first-order valence-electron chi connectivity index (χ1n) is 7.43. The summed E-state index contributed by atoms with van der Waals surface area (Å²) in [7, 11) is 0. The van der Waals surface area contributed by atoms with Gasteiger partial charge in [-0.3, -0.25) is 4.79 Å². The van der Waals surface area contributed by atoms with Gasteiger partial charge in [0.15, 0.2) is 6.29 Å². The van der Waals surface area contributed by atoms with Crippen LogP contribution < -0.4 is 0 Å². The van der Waals surface area contributed by atoms with Gasteiger partial charge in [-0.15, -0.1) is 11.3 Å². The highest BCUT2D eigenvalue weighted by Crippen LogP contribution is 2.31. The summed E-state index contributed by atoms with van der Waals surface area (Å²) in [6.45, 7) is 7.71. The molecule has 1 aromatic heterocycles. The normalized spacial score (nSPS) is 16.1. The molecule has 1 aromatic carbocycles. The molecular weight excluding hydrogens is 296 g/mol.